The minimum absolute atomic E-state index is 0.194. The summed E-state index contributed by atoms with van der Waals surface area (Å²) in [6.45, 7) is 0. The zero-order valence-corrected chi connectivity index (χ0v) is 9.01. The van der Waals surface area contributed by atoms with Crippen molar-refractivity contribution < 1.29 is 9.90 Å². The number of carboxylic acid groups (broad SMARTS) is 1. The van der Waals surface area contributed by atoms with E-state index in [4.69, 9.17) is 5.11 Å². The predicted octanol–water partition coefficient (Wildman–Crippen LogP) is 0.527. The number of rotatable bonds is 3. The number of nitrogens with zero attached hydrogens (tertiary/aromatic N) is 2. The first-order valence-corrected chi connectivity index (χ1v) is 5.46. The van der Waals surface area contributed by atoms with Gasteiger partial charge < -0.3 is 5.11 Å². The Morgan fingerprint density at radius 1 is 1.59 bits per heavy atom. The first kappa shape index (κ1) is 10.1. The lowest BCUT2D eigenvalue weighted by Gasteiger charge is -1.98. The van der Waals surface area contributed by atoms with Gasteiger partial charge in [0.05, 0.1) is 6.42 Å². The van der Waals surface area contributed by atoms with Crippen LogP contribution in [0.3, 0.4) is 0 Å². The van der Waals surface area contributed by atoms with Crippen molar-refractivity contribution in [2.45, 2.75) is 25.2 Å². The monoisotopic (exact) mass is 233 g/mol. The molecule has 88 valence electrons. The van der Waals surface area contributed by atoms with Gasteiger partial charge in [0.1, 0.15) is 0 Å². The first-order valence-electron chi connectivity index (χ1n) is 5.46. The lowest BCUT2D eigenvalue weighted by atomic mass is 10.2. The molecule has 6 heteroatoms. The van der Waals surface area contributed by atoms with Gasteiger partial charge in [-0.25, -0.2) is 9.50 Å². The second kappa shape index (κ2) is 3.44. The average Bonchev–Trinajstić information content (AvgIpc) is 3.02. The largest absolute Gasteiger partial charge is 0.481 e. The minimum atomic E-state index is -1.03. The van der Waals surface area contributed by atoms with E-state index in [2.05, 4.69) is 10.1 Å². The molecule has 2 heterocycles. The maximum atomic E-state index is 11.9. The van der Waals surface area contributed by atoms with Crippen molar-refractivity contribution in [3.63, 3.8) is 0 Å². The van der Waals surface area contributed by atoms with Crippen LogP contribution in [0.1, 0.15) is 29.9 Å². The van der Waals surface area contributed by atoms with E-state index in [0.29, 0.717) is 11.6 Å². The summed E-state index contributed by atoms with van der Waals surface area (Å²) in [6.07, 6.45) is 5.10. The molecule has 17 heavy (non-hydrogen) atoms. The number of aliphatic carboxylic acids is 1. The third-order valence-electron chi connectivity index (χ3n) is 3.00. The summed E-state index contributed by atoms with van der Waals surface area (Å²) >= 11 is 0. The van der Waals surface area contributed by atoms with E-state index in [-0.39, 0.29) is 17.5 Å². The van der Waals surface area contributed by atoms with Crippen molar-refractivity contribution in [2.75, 3.05) is 0 Å². The summed E-state index contributed by atoms with van der Waals surface area (Å²) in [5.74, 6) is -0.536. The van der Waals surface area contributed by atoms with Crippen molar-refractivity contribution in [1.82, 2.24) is 14.6 Å². The highest BCUT2D eigenvalue weighted by Gasteiger charge is 2.27. The van der Waals surface area contributed by atoms with Gasteiger partial charge in [-0.1, -0.05) is 0 Å². The number of H-pyrrole nitrogens is 1. The molecule has 3 rings (SSSR count). The molecule has 1 aliphatic carbocycles. The van der Waals surface area contributed by atoms with E-state index in [1.807, 2.05) is 0 Å². The molecule has 1 saturated carbocycles. The van der Waals surface area contributed by atoms with Gasteiger partial charge in [0, 0.05) is 23.5 Å². The Bertz CT molecular complexity index is 652. The number of carbonyl (C=O) groups is 1. The highest BCUT2D eigenvalue weighted by molar-refractivity contribution is 5.70. The molecule has 0 spiro atoms. The van der Waals surface area contributed by atoms with Crippen LogP contribution >= 0.6 is 0 Å². The molecule has 2 N–H and O–H groups in total. The molecule has 0 radical (unpaired) electrons. The highest BCUT2D eigenvalue weighted by atomic mass is 16.4. The first-order chi connectivity index (χ1) is 8.16. The van der Waals surface area contributed by atoms with E-state index in [1.165, 1.54) is 10.7 Å². The fourth-order valence-corrected chi connectivity index (χ4v) is 1.99. The summed E-state index contributed by atoms with van der Waals surface area (Å²) in [7, 11) is 0. The van der Waals surface area contributed by atoms with Crippen molar-refractivity contribution in [2.24, 2.45) is 0 Å². The molecule has 0 bridgehead atoms. The van der Waals surface area contributed by atoms with Crippen LogP contribution in [0.2, 0.25) is 0 Å². The molecule has 2 aromatic heterocycles. The van der Waals surface area contributed by atoms with Crippen molar-refractivity contribution in [3.8, 4) is 0 Å². The van der Waals surface area contributed by atoms with Crippen LogP contribution in [0.15, 0.2) is 17.2 Å². The van der Waals surface area contributed by atoms with Gasteiger partial charge in [-0.3, -0.25) is 14.7 Å². The van der Waals surface area contributed by atoms with Crippen LogP contribution in [0.4, 0.5) is 0 Å². The number of aromatic nitrogens is 3. The summed E-state index contributed by atoms with van der Waals surface area (Å²) in [4.78, 5) is 26.7. The molecule has 6 nitrogen and oxygen atoms in total. The molecule has 0 amide bonds. The van der Waals surface area contributed by atoms with Gasteiger partial charge in [0.15, 0.2) is 5.65 Å². The summed E-state index contributed by atoms with van der Waals surface area (Å²) in [5.41, 5.74) is 1.53. The lowest BCUT2D eigenvalue weighted by Crippen LogP contribution is -2.21. The Kier molecular flexibility index (Phi) is 2.04. The van der Waals surface area contributed by atoms with Gasteiger partial charge in [-0.05, 0) is 18.8 Å². The normalized spacial score (nSPS) is 15.3. The van der Waals surface area contributed by atoms with Gasteiger partial charge in [0.25, 0.3) is 5.56 Å². The quantitative estimate of drug-likeness (QED) is 0.809. The van der Waals surface area contributed by atoms with Crippen LogP contribution in [0.5, 0.6) is 0 Å². The third kappa shape index (κ3) is 1.61. The van der Waals surface area contributed by atoms with E-state index in [9.17, 15) is 9.59 Å². The molecule has 0 aromatic carbocycles. The fourth-order valence-electron chi connectivity index (χ4n) is 1.99. The molecule has 2 aromatic rings. The van der Waals surface area contributed by atoms with E-state index in [0.717, 1.165) is 18.4 Å². The standard InChI is InChI=1S/C11H11N3O3/c15-9(16)3-7-4-12-10-8(6-1-2-6)5-13-14(10)11(7)17/h4-6,13H,1-3H2,(H,15,16). The molecular weight excluding hydrogens is 222 g/mol. The third-order valence-corrected chi connectivity index (χ3v) is 3.00. The topological polar surface area (TPSA) is 87.5 Å². The zero-order chi connectivity index (χ0) is 12.0. The van der Waals surface area contributed by atoms with Gasteiger partial charge in [0.2, 0.25) is 0 Å². The average molecular weight is 233 g/mol. The van der Waals surface area contributed by atoms with Crippen molar-refractivity contribution in [3.05, 3.63) is 33.9 Å². The van der Waals surface area contributed by atoms with E-state index in [1.54, 1.807) is 6.20 Å². The Hall–Kier alpha value is -2.11. The number of carboxylic acids is 1. The second-order valence-electron chi connectivity index (χ2n) is 4.32. The van der Waals surface area contributed by atoms with Crippen molar-refractivity contribution in [1.29, 1.82) is 0 Å². The zero-order valence-electron chi connectivity index (χ0n) is 9.01. The molecule has 0 saturated heterocycles. The maximum absolute atomic E-state index is 11.9. The SMILES string of the molecule is O=C(O)Cc1cnc2c(C3CC3)c[nH]n2c1=O. The number of fused-ring (bicyclic) bond motifs is 1. The number of hydrogen-bond donors (Lipinski definition) is 2. The summed E-state index contributed by atoms with van der Waals surface area (Å²) in [6, 6.07) is 0. The van der Waals surface area contributed by atoms with E-state index < -0.39 is 5.97 Å². The second-order valence-corrected chi connectivity index (χ2v) is 4.32. The molecule has 0 atom stereocenters. The summed E-state index contributed by atoms with van der Waals surface area (Å²) in [5, 5.41) is 11.5. The number of hydrogen-bond acceptors (Lipinski definition) is 3. The smallest absolute Gasteiger partial charge is 0.308 e. The van der Waals surface area contributed by atoms with Gasteiger partial charge in [-0.15, -0.1) is 0 Å². The molecular formula is C11H11N3O3. The molecule has 0 aliphatic heterocycles. The van der Waals surface area contributed by atoms with Gasteiger partial charge in [-0.2, -0.15) is 0 Å². The predicted molar refractivity (Wildman–Crippen MR) is 59.1 cm³/mol. The van der Waals surface area contributed by atoms with E-state index >= 15 is 0 Å². The fraction of sp³-hybridized carbons (Fsp3) is 0.364. The minimum Gasteiger partial charge on any atom is -0.481 e. The van der Waals surface area contributed by atoms with Crippen LogP contribution in [0, 0.1) is 0 Å². The highest BCUT2D eigenvalue weighted by Crippen LogP contribution is 2.41. The maximum Gasteiger partial charge on any atom is 0.308 e. The molecule has 0 unspecified atom stereocenters. The lowest BCUT2D eigenvalue weighted by molar-refractivity contribution is -0.136. The molecule has 1 fully saturated rings. The summed E-state index contributed by atoms with van der Waals surface area (Å²) < 4.78 is 1.33. The van der Waals surface area contributed by atoms with Gasteiger partial charge >= 0.3 is 5.97 Å². The van der Waals surface area contributed by atoms with Crippen LogP contribution in [-0.4, -0.2) is 25.7 Å². The molecule has 1 aliphatic rings. The Balaban J connectivity index is 2.15. The van der Waals surface area contributed by atoms with Crippen LogP contribution in [-0.2, 0) is 11.2 Å². The number of aromatic amines is 1. The Labute approximate surface area is 95.9 Å². The number of nitrogens with one attached hydrogen (secondary N) is 1. The van der Waals surface area contributed by atoms with Crippen molar-refractivity contribution >= 4 is 11.6 Å². The van der Waals surface area contributed by atoms with Crippen LogP contribution in [0.25, 0.3) is 5.65 Å². The van der Waals surface area contributed by atoms with Crippen LogP contribution < -0.4 is 5.56 Å². The Morgan fingerprint density at radius 2 is 2.35 bits per heavy atom. The Morgan fingerprint density at radius 3 is 3.00 bits per heavy atom.